The first-order valence-corrected chi connectivity index (χ1v) is 18.5. The number of aliphatic hydroxyl groups is 1. The molecule has 1 fully saturated rings. The van der Waals surface area contributed by atoms with Crippen molar-refractivity contribution in [2.24, 2.45) is 5.92 Å². The molecule has 1 N–H and O–H groups in total. The second kappa shape index (κ2) is 15.8. The molecule has 11 heteroatoms. The van der Waals surface area contributed by atoms with Crippen LogP contribution in [0.5, 0.6) is 17.2 Å². The second-order valence-corrected chi connectivity index (χ2v) is 14.3. The number of rotatable bonds is 14. The van der Waals surface area contributed by atoms with Crippen LogP contribution in [0.15, 0.2) is 94.8 Å². The van der Waals surface area contributed by atoms with E-state index in [0.717, 1.165) is 22.8 Å². The SMILES string of the molecule is CCOc1ccc(/C(O)=C2\C(=O)C(=O)N(c3nnc(SCc4cccc5ccccc45)s3)C2c2ccc(OCCC(C)C)c(OCC)c2)cc1. The highest BCUT2D eigenvalue weighted by Crippen LogP contribution is 2.46. The van der Waals surface area contributed by atoms with Gasteiger partial charge in [0.25, 0.3) is 5.78 Å². The summed E-state index contributed by atoms with van der Waals surface area (Å²) in [7, 11) is 0. The van der Waals surface area contributed by atoms with Gasteiger partial charge in [0.2, 0.25) is 5.13 Å². The number of thioether (sulfide) groups is 1. The van der Waals surface area contributed by atoms with Gasteiger partial charge in [0.15, 0.2) is 15.8 Å². The average Bonchev–Trinajstić information content (AvgIpc) is 3.69. The number of nitrogens with zero attached hydrogens (tertiary/aromatic N) is 3. The molecule has 0 saturated carbocycles. The summed E-state index contributed by atoms with van der Waals surface area (Å²) in [6, 6.07) is 25.5. The molecule has 0 radical (unpaired) electrons. The monoisotopic (exact) mass is 709 g/mol. The molecule has 6 rings (SSSR count). The van der Waals surface area contributed by atoms with E-state index >= 15 is 0 Å². The Balaban J connectivity index is 1.38. The van der Waals surface area contributed by atoms with Crippen LogP contribution in [0.4, 0.5) is 5.13 Å². The number of anilines is 1. The van der Waals surface area contributed by atoms with Crippen LogP contribution in [0.25, 0.3) is 16.5 Å². The highest BCUT2D eigenvalue weighted by molar-refractivity contribution is 8.00. The van der Waals surface area contributed by atoms with Gasteiger partial charge in [-0.3, -0.25) is 14.5 Å². The molecule has 1 aromatic heterocycles. The van der Waals surface area contributed by atoms with Gasteiger partial charge in [0.1, 0.15) is 11.5 Å². The second-order valence-electron chi connectivity index (χ2n) is 12.1. The molecule has 2 heterocycles. The van der Waals surface area contributed by atoms with Gasteiger partial charge in [-0.05, 0) is 84.5 Å². The minimum atomic E-state index is -1.01. The van der Waals surface area contributed by atoms with Gasteiger partial charge < -0.3 is 19.3 Å². The van der Waals surface area contributed by atoms with Gasteiger partial charge in [-0.25, -0.2) is 0 Å². The lowest BCUT2D eigenvalue weighted by molar-refractivity contribution is -0.132. The topological polar surface area (TPSA) is 111 Å². The number of fused-ring (bicyclic) bond motifs is 1. The fraction of sp³-hybridized carbons (Fsp3) is 0.282. The summed E-state index contributed by atoms with van der Waals surface area (Å²) in [5.74, 6) is 0.838. The largest absolute Gasteiger partial charge is 0.507 e. The van der Waals surface area contributed by atoms with E-state index in [9.17, 15) is 14.7 Å². The van der Waals surface area contributed by atoms with Crippen molar-refractivity contribution in [2.75, 3.05) is 24.7 Å². The third kappa shape index (κ3) is 7.49. The lowest BCUT2D eigenvalue weighted by atomic mass is 9.95. The van der Waals surface area contributed by atoms with E-state index in [1.54, 1.807) is 42.5 Å². The van der Waals surface area contributed by atoms with Crippen molar-refractivity contribution in [3.63, 3.8) is 0 Å². The highest BCUT2D eigenvalue weighted by atomic mass is 32.2. The minimum Gasteiger partial charge on any atom is -0.507 e. The van der Waals surface area contributed by atoms with E-state index < -0.39 is 17.7 Å². The molecule has 50 heavy (non-hydrogen) atoms. The van der Waals surface area contributed by atoms with Crippen LogP contribution in [-0.4, -0.2) is 46.8 Å². The van der Waals surface area contributed by atoms with Gasteiger partial charge in [0.05, 0.1) is 31.4 Å². The van der Waals surface area contributed by atoms with Gasteiger partial charge in [-0.1, -0.05) is 85.5 Å². The third-order valence-corrected chi connectivity index (χ3v) is 10.4. The Morgan fingerprint density at radius 2 is 1.66 bits per heavy atom. The van der Waals surface area contributed by atoms with Crippen LogP contribution in [-0.2, 0) is 15.3 Å². The molecule has 0 bridgehead atoms. The lowest BCUT2D eigenvalue weighted by Gasteiger charge is -2.24. The number of Topliss-reactive ketones (excluding diaryl/α,β-unsaturated/α-hetero) is 1. The van der Waals surface area contributed by atoms with Crippen LogP contribution in [0.1, 0.15) is 56.8 Å². The predicted octanol–water partition coefficient (Wildman–Crippen LogP) is 8.83. The quantitative estimate of drug-likeness (QED) is 0.0398. The molecule has 1 atom stereocenters. The maximum absolute atomic E-state index is 13.9. The van der Waals surface area contributed by atoms with Crippen molar-refractivity contribution in [1.29, 1.82) is 0 Å². The summed E-state index contributed by atoms with van der Waals surface area (Å²) >= 11 is 2.73. The number of ether oxygens (including phenoxy) is 3. The number of benzene rings is 4. The van der Waals surface area contributed by atoms with E-state index in [1.807, 2.05) is 32.0 Å². The van der Waals surface area contributed by atoms with Crippen molar-refractivity contribution >= 4 is 56.5 Å². The number of hydrogen-bond donors (Lipinski definition) is 1. The normalized spacial score (nSPS) is 15.6. The number of aliphatic hydroxyl groups excluding tert-OH is 1. The summed E-state index contributed by atoms with van der Waals surface area (Å²) in [6.45, 7) is 9.39. The van der Waals surface area contributed by atoms with Crippen LogP contribution in [0.3, 0.4) is 0 Å². The zero-order chi connectivity index (χ0) is 35.2. The van der Waals surface area contributed by atoms with Crippen molar-refractivity contribution < 1.29 is 28.9 Å². The Kier molecular flexibility index (Phi) is 11.0. The Hall–Kier alpha value is -4.87. The molecule has 1 aliphatic rings. The van der Waals surface area contributed by atoms with Crippen molar-refractivity contribution in [3.8, 4) is 17.2 Å². The maximum atomic E-state index is 13.9. The van der Waals surface area contributed by atoms with E-state index in [4.69, 9.17) is 14.2 Å². The van der Waals surface area contributed by atoms with Crippen LogP contribution in [0.2, 0.25) is 0 Å². The van der Waals surface area contributed by atoms with E-state index in [1.165, 1.54) is 28.0 Å². The number of amides is 1. The minimum absolute atomic E-state index is 0.0600. The fourth-order valence-electron chi connectivity index (χ4n) is 5.78. The molecule has 1 saturated heterocycles. The molecule has 0 spiro atoms. The number of carbonyl (C=O) groups excluding carboxylic acids is 2. The van der Waals surface area contributed by atoms with E-state index in [2.05, 4.69) is 48.3 Å². The molecular formula is C39H39N3O6S2. The number of carbonyl (C=O) groups is 2. The maximum Gasteiger partial charge on any atom is 0.301 e. The van der Waals surface area contributed by atoms with Gasteiger partial charge in [0, 0.05) is 11.3 Å². The standard InChI is InChI=1S/C39H39N3O6S2/c1-5-46-29-17-14-26(15-18-29)35(43)33-34(27-16-19-31(32(22-27)47-6-2)48-21-20-24(3)4)42(37(45)36(33)44)38-40-41-39(50-38)49-23-28-12-9-11-25-10-7-8-13-30(25)28/h7-19,22,24,34,43H,5-6,20-21,23H2,1-4H3/b35-33+. The molecule has 1 unspecified atom stereocenters. The molecule has 258 valence electrons. The first kappa shape index (κ1) is 35.0. The van der Waals surface area contributed by atoms with Crippen LogP contribution in [0, 0.1) is 5.92 Å². The first-order chi connectivity index (χ1) is 24.3. The van der Waals surface area contributed by atoms with Gasteiger partial charge in [-0.15, -0.1) is 10.2 Å². The van der Waals surface area contributed by atoms with Crippen molar-refractivity contribution in [1.82, 2.24) is 10.2 Å². The van der Waals surface area contributed by atoms with Gasteiger partial charge in [-0.2, -0.15) is 0 Å². The molecule has 0 aliphatic carbocycles. The Morgan fingerprint density at radius 1 is 0.900 bits per heavy atom. The lowest BCUT2D eigenvalue weighted by Crippen LogP contribution is -2.29. The predicted molar refractivity (Wildman–Crippen MR) is 198 cm³/mol. The molecule has 1 amide bonds. The average molecular weight is 710 g/mol. The smallest absolute Gasteiger partial charge is 0.301 e. The van der Waals surface area contributed by atoms with Crippen LogP contribution >= 0.6 is 23.1 Å². The van der Waals surface area contributed by atoms with E-state index in [0.29, 0.717) is 64.2 Å². The summed E-state index contributed by atoms with van der Waals surface area (Å²) in [4.78, 5) is 29.0. The van der Waals surface area contributed by atoms with E-state index in [-0.39, 0.29) is 16.5 Å². The van der Waals surface area contributed by atoms with Crippen molar-refractivity contribution in [2.45, 2.75) is 50.3 Å². The zero-order valence-corrected chi connectivity index (χ0v) is 30.1. The van der Waals surface area contributed by atoms with Crippen molar-refractivity contribution in [3.05, 3.63) is 107 Å². The summed E-state index contributed by atoms with van der Waals surface area (Å²) in [5, 5.41) is 23.0. The number of ketones is 1. The molecular weight excluding hydrogens is 671 g/mol. The molecule has 9 nitrogen and oxygen atoms in total. The molecule has 5 aromatic rings. The molecule has 4 aromatic carbocycles. The summed E-state index contributed by atoms with van der Waals surface area (Å²) in [5.41, 5.74) is 2.02. The molecule has 1 aliphatic heterocycles. The number of hydrogen-bond acceptors (Lipinski definition) is 10. The zero-order valence-electron chi connectivity index (χ0n) is 28.4. The Labute approximate surface area is 299 Å². The van der Waals surface area contributed by atoms with Crippen LogP contribution < -0.4 is 19.1 Å². The summed E-state index contributed by atoms with van der Waals surface area (Å²) in [6.07, 6.45) is 0.869. The Morgan fingerprint density at radius 3 is 2.42 bits per heavy atom. The highest BCUT2D eigenvalue weighted by Gasteiger charge is 2.48. The fourth-order valence-corrected chi connectivity index (χ4v) is 7.65. The van der Waals surface area contributed by atoms with Gasteiger partial charge >= 0.3 is 5.91 Å². The first-order valence-electron chi connectivity index (χ1n) is 16.7. The Bertz CT molecular complexity index is 2020. The number of aromatic nitrogens is 2. The summed E-state index contributed by atoms with van der Waals surface area (Å²) < 4.78 is 18.3. The third-order valence-electron chi connectivity index (χ3n) is 8.25.